The van der Waals surface area contributed by atoms with Crippen molar-refractivity contribution in [1.29, 1.82) is 5.26 Å². The summed E-state index contributed by atoms with van der Waals surface area (Å²) in [5, 5.41) is 15.7. The van der Waals surface area contributed by atoms with Crippen molar-refractivity contribution in [2.24, 2.45) is 4.99 Å². The molecule has 5 nitrogen and oxygen atoms in total. The Kier molecular flexibility index (Phi) is 9.19. The van der Waals surface area contributed by atoms with Gasteiger partial charge in [0, 0.05) is 36.9 Å². The molecule has 3 rings (SSSR count). The van der Waals surface area contributed by atoms with Crippen molar-refractivity contribution in [2.75, 3.05) is 24.5 Å². The highest BCUT2D eigenvalue weighted by molar-refractivity contribution is 14.0. The van der Waals surface area contributed by atoms with E-state index < -0.39 is 0 Å². The van der Waals surface area contributed by atoms with Gasteiger partial charge in [0.25, 0.3) is 0 Å². The predicted octanol–water partition coefficient (Wildman–Crippen LogP) is 4.04. The van der Waals surface area contributed by atoms with Gasteiger partial charge in [0.2, 0.25) is 0 Å². The topological polar surface area (TPSA) is 63.5 Å². The van der Waals surface area contributed by atoms with Crippen LogP contribution in [0.3, 0.4) is 0 Å². The minimum atomic E-state index is -0.338. The van der Waals surface area contributed by atoms with Gasteiger partial charge in [-0.2, -0.15) is 5.26 Å². The fraction of sp³-hybridized carbons (Fsp3) is 0.364. The van der Waals surface area contributed by atoms with Gasteiger partial charge in [-0.15, -0.1) is 24.0 Å². The smallest absolute Gasteiger partial charge is 0.191 e. The lowest BCUT2D eigenvalue weighted by atomic mass is 10.0. The van der Waals surface area contributed by atoms with Gasteiger partial charge in [-0.3, -0.25) is 0 Å². The number of rotatable bonds is 5. The molecule has 0 aromatic heterocycles. The van der Waals surface area contributed by atoms with Crippen LogP contribution in [0.15, 0.2) is 53.5 Å². The van der Waals surface area contributed by atoms with Crippen molar-refractivity contribution < 1.29 is 4.39 Å². The molecule has 29 heavy (non-hydrogen) atoms. The van der Waals surface area contributed by atoms with Crippen molar-refractivity contribution in [3.8, 4) is 6.07 Å². The van der Waals surface area contributed by atoms with Gasteiger partial charge in [-0.05, 0) is 50.1 Å². The maximum Gasteiger partial charge on any atom is 0.191 e. The molecule has 2 aromatic rings. The summed E-state index contributed by atoms with van der Waals surface area (Å²) in [5.41, 5.74) is 2.13. The van der Waals surface area contributed by atoms with Crippen LogP contribution in [0.4, 0.5) is 10.1 Å². The van der Waals surface area contributed by atoms with E-state index in [0.717, 1.165) is 32.5 Å². The first-order valence-electron chi connectivity index (χ1n) is 9.73. The van der Waals surface area contributed by atoms with Crippen LogP contribution in [0.2, 0.25) is 0 Å². The van der Waals surface area contributed by atoms with Gasteiger partial charge in [0.05, 0.1) is 18.2 Å². The molecule has 1 saturated heterocycles. The van der Waals surface area contributed by atoms with Crippen molar-refractivity contribution in [3.63, 3.8) is 0 Å². The molecule has 1 aliphatic rings. The number of para-hydroxylation sites is 1. The predicted molar refractivity (Wildman–Crippen MR) is 126 cm³/mol. The molecular weight excluding hydrogens is 480 g/mol. The summed E-state index contributed by atoms with van der Waals surface area (Å²) < 4.78 is 14.0. The first-order chi connectivity index (χ1) is 13.7. The van der Waals surface area contributed by atoms with Crippen LogP contribution in [0, 0.1) is 17.1 Å². The normalized spacial score (nSPS) is 14.7. The van der Waals surface area contributed by atoms with E-state index in [1.165, 1.54) is 17.8 Å². The Morgan fingerprint density at radius 1 is 1.21 bits per heavy atom. The van der Waals surface area contributed by atoms with Crippen LogP contribution in [0.1, 0.15) is 30.9 Å². The highest BCUT2D eigenvalue weighted by Gasteiger charge is 2.20. The second-order valence-electron chi connectivity index (χ2n) is 6.85. The molecule has 154 valence electrons. The molecule has 0 unspecified atom stereocenters. The summed E-state index contributed by atoms with van der Waals surface area (Å²) in [6.45, 7) is 4.90. The van der Waals surface area contributed by atoms with E-state index in [0.29, 0.717) is 23.1 Å². The first kappa shape index (κ1) is 22.9. The molecular formula is C22H27FIN5. The quantitative estimate of drug-likeness (QED) is 0.365. The van der Waals surface area contributed by atoms with E-state index in [-0.39, 0.29) is 36.3 Å². The Labute approximate surface area is 189 Å². The molecule has 1 fully saturated rings. The molecule has 0 saturated carbocycles. The number of anilines is 1. The molecule has 1 aliphatic heterocycles. The van der Waals surface area contributed by atoms with Crippen LogP contribution in [-0.4, -0.2) is 31.6 Å². The molecule has 7 heteroatoms. The van der Waals surface area contributed by atoms with E-state index in [4.69, 9.17) is 5.26 Å². The van der Waals surface area contributed by atoms with Gasteiger partial charge in [0.15, 0.2) is 5.96 Å². The Morgan fingerprint density at radius 3 is 2.59 bits per heavy atom. The number of nitriles is 1. The molecule has 1 heterocycles. The van der Waals surface area contributed by atoms with Crippen molar-refractivity contribution in [1.82, 2.24) is 10.6 Å². The van der Waals surface area contributed by atoms with Crippen molar-refractivity contribution >= 4 is 35.6 Å². The lowest BCUT2D eigenvalue weighted by Gasteiger charge is -2.34. The Balaban J connectivity index is 0.00000300. The molecule has 0 aliphatic carbocycles. The number of nitrogens with zero attached hydrogens (tertiary/aromatic N) is 3. The van der Waals surface area contributed by atoms with E-state index >= 15 is 0 Å². The second-order valence-corrected chi connectivity index (χ2v) is 6.85. The fourth-order valence-electron chi connectivity index (χ4n) is 3.36. The minimum absolute atomic E-state index is 0. The summed E-state index contributed by atoms with van der Waals surface area (Å²) in [5.74, 6) is 0.345. The molecule has 2 N–H and O–H groups in total. The zero-order valence-electron chi connectivity index (χ0n) is 16.6. The summed E-state index contributed by atoms with van der Waals surface area (Å²) in [6, 6.07) is 17.2. The average molecular weight is 507 g/mol. The highest BCUT2D eigenvalue weighted by Crippen LogP contribution is 2.19. The maximum atomic E-state index is 14.0. The van der Waals surface area contributed by atoms with Crippen LogP contribution in [0.5, 0.6) is 0 Å². The number of hydrogen-bond acceptors (Lipinski definition) is 3. The van der Waals surface area contributed by atoms with Crippen molar-refractivity contribution in [3.05, 3.63) is 65.5 Å². The number of benzene rings is 2. The second kappa shape index (κ2) is 11.6. The lowest BCUT2D eigenvalue weighted by Crippen LogP contribution is -2.48. The SMILES string of the molecule is CCNC(=NCc1cc(C#N)ccc1F)NC1CCN(c2ccccc2)CC1.I. The maximum absolute atomic E-state index is 14.0. The molecule has 0 amide bonds. The third-order valence-corrected chi connectivity index (χ3v) is 4.88. The fourth-order valence-corrected chi connectivity index (χ4v) is 3.36. The summed E-state index contributed by atoms with van der Waals surface area (Å²) in [7, 11) is 0. The van der Waals surface area contributed by atoms with Crippen LogP contribution in [0.25, 0.3) is 0 Å². The third-order valence-electron chi connectivity index (χ3n) is 4.88. The Bertz CT molecular complexity index is 842. The highest BCUT2D eigenvalue weighted by atomic mass is 127. The molecule has 0 bridgehead atoms. The largest absolute Gasteiger partial charge is 0.371 e. The minimum Gasteiger partial charge on any atom is -0.371 e. The Morgan fingerprint density at radius 2 is 1.93 bits per heavy atom. The standard InChI is InChI=1S/C22H26FN5.HI/c1-2-25-22(26-16-18-14-17(15-24)8-9-21(18)23)27-19-10-12-28(13-11-19)20-6-4-3-5-7-20;/h3-9,14,19H,2,10-13,16H2,1H3,(H2,25,26,27);1H. The van der Waals surface area contributed by atoms with Crippen molar-refractivity contribution in [2.45, 2.75) is 32.4 Å². The average Bonchev–Trinajstić information content (AvgIpc) is 2.74. The summed E-state index contributed by atoms with van der Waals surface area (Å²) >= 11 is 0. The van der Waals surface area contributed by atoms with Gasteiger partial charge >= 0.3 is 0 Å². The van der Waals surface area contributed by atoms with Gasteiger partial charge in [0.1, 0.15) is 5.82 Å². The van der Waals surface area contributed by atoms with Gasteiger partial charge < -0.3 is 15.5 Å². The van der Waals surface area contributed by atoms with Gasteiger partial charge in [-0.25, -0.2) is 9.38 Å². The van der Waals surface area contributed by atoms with Gasteiger partial charge in [-0.1, -0.05) is 18.2 Å². The van der Waals surface area contributed by atoms with E-state index in [1.54, 1.807) is 6.07 Å². The van der Waals surface area contributed by atoms with E-state index in [1.807, 2.05) is 19.1 Å². The molecule has 0 atom stereocenters. The van der Waals surface area contributed by atoms with E-state index in [9.17, 15) is 4.39 Å². The zero-order valence-corrected chi connectivity index (χ0v) is 18.9. The van der Waals surface area contributed by atoms with Crippen LogP contribution < -0.4 is 15.5 Å². The number of halogens is 2. The first-order valence-corrected chi connectivity index (χ1v) is 9.73. The monoisotopic (exact) mass is 507 g/mol. The molecule has 0 spiro atoms. The number of aliphatic imine (C=N–C) groups is 1. The lowest BCUT2D eigenvalue weighted by molar-refractivity contribution is 0.461. The third kappa shape index (κ3) is 6.60. The van der Waals surface area contributed by atoms with Crippen LogP contribution in [-0.2, 0) is 6.54 Å². The number of nitrogens with one attached hydrogen (secondary N) is 2. The number of piperidine rings is 1. The number of guanidine groups is 1. The molecule has 0 radical (unpaired) electrons. The molecule has 2 aromatic carbocycles. The van der Waals surface area contributed by atoms with E-state index in [2.05, 4.69) is 44.8 Å². The Hall–Kier alpha value is -2.34. The summed E-state index contributed by atoms with van der Waals surface area (Å²) in [4.78, 5) is 6.92. The van der Waals surface area contributed by atoms with Crippen LogP contribution >= 0.6 is 24.0 Å². The number of hydrogen-bond donors (Lipinski definition) is 2. The summed E-state index contributed by atoms with van der Waals surface area (Å²) in [6.07, 6.45) is 2.02. The zero-order chi connectivity index (χ0) is 19.8.